The van der Waals surface area contributed by atoms with Gasteiger partial charge in [0.15, 0.2) is 0 Å². The second-order valence-electron chi connectivity index (χ2n) is 2.12. The van der Waals surface area contributed by atoms with E-state index in [4.69, 9.17) is 10.2 Å². The number of hydrogen-bond acceptors (Lipinski definition) is 3. The molecular weight excluding hydrogens is 116 g/mol. The molecule has 1 aromatic heterocycles. The van der Waals surface area contributed by atoms with Crippen LogP contribution in [0.25, 0.3) is 0 Å². The van der Waals surface area contributed by atoms with Crippen LogP contribution in [0.2, 0.25) is 0 Å². The number of nitrogens with two attached hydrogens (primary N) is 1. The summed E-state index contributed by atoms with van der Waals surface area (Å²) in [7, 11) is 0. The van der Waals surface area contributed by atoms with Gasteiger partial charge in [0.1, 0.15) is 6.26 Å². The average molecular weight is 126 g/mol. The molecule has 9 heavy (non-hydrogen) atoms. The first-order valence-corrected chi connectivity index (χ1v) is 2.88. The maximum Gasteiger partial charge on any atom is 0.210 e. The Bertz CT molecular complexity index is 193. The lowest BCUT2D eigenvalue weighted by Crippen LogP contribution is -2.04. The summed E-state index contributed by atoms with van der Waals surface area (Å²) in [4.78, 5) is 4.02. The normalized spacial score (nSPS) is 13.7. The summed E-state index contributed by atoms with van der Waals surface area (Å²) in [5.74, 6) is 0.604. The van der Waals surface area contributed by atoms with Crippen LogP contribution in [0.5, 0.6) is 0 Å². The van der Waals surface area contributed by atoms with Gasteiger partial charge in [0.05, 0.1) is 11.7 Å². The lowest BCUT2D eigenvalue weighted by molar-refractivity contribution is 0.463. The topological polar surface area (TPSA) is 52.0 Å². The monoisotopic (exact) mass is 126 g/mol. The molecule has 0 spiro atoms. The van der Waals surface area contributed by atoms with Crippen molar-refractivity contribution in [2.45, 2.75) is 19.9 Å². The van der Waals surface area contributed by atoms with Crippen molar-refractivity contribution in [1.82, 2.24) is 4.98 Å². The summed E-state index contributed by atoms with van der Waals surface area (Å²) >= 11 is 0. The van der Waals surface area contributed by atoms with E-state index in [0.29, 0.717) is 5.89 Å². The Labute approximate surface area is 53.9 Å². The molecule has 0 aliphatic carbocycles. The average Bonchev–Trinajstić information content (AvgIpc) is 2.14. The van der Waals surface area contributed by atoms with Gasteiger partial charge in [-0.05, 0) is 13.8 Å². The van der Waals surface area contributed by atoms with Crippen LogP contribution in [-0.4, -0.2) is 4.98 Å². The number of hydrogen-bond donors (Lipinski definition) is 1. The van der Waals surface area contributed by atoms with Crippen LogP contribution in [-0.2, 0) is 0 Å². The molecule has 0 aliphatic heterocycles. The van der Waals surface area contributed by atoms with Crippen molar-refractivity contribution in [3.8, 4) is 0 Å². The molecule has 0 radical (unpaired) electrons. The lowest BCUT2D eigenvalue weighted by atomic mass is 10.4. The highest BCUT2D eigenvalue weighted by Gasteiger charge is 2.03. The van der Waals surface area contributed by atoms with Gasteiger partial charge in [-0.1, -0.05) is 0 Å². The van der Waals surface area contributed by atoms with E-state index in [1.165, 1.54) is 0 Å². The molecule has 50 valence electrons. The van der Waals surface area contributed by atoms with E-state index in [-0.39, 0.29) is 6.04 Å². The van der Waals surface area contributed by atoms with Gasteiger partial charge in [0, 0.05) is 0 Å². The molecule has 0 amide bonds. The summed E-state index contributed by atoms with van der Waals surface area (Å²) in [6, 6.07) is -0.0984. The second kappa shape index (κ2) is 2.19. The molecule has 1 heterocycles. The van der Waals surface area contributed by atoms with E-state index in [0.717, 1.165) is 5.69 Å². The zero-order valence-electron chi connectivity index (χ0n) is 5.59. The van der Waals surface area contributed by atoms with E-state index < -0.39 is 0 Å². The highest BCUT2D eigenvalue weighted by atomic mass is 16.3. The van der Waals surface area contributed by atoms with Crippen molar-refractivity contribution >= 4 is 0 Å². The third kappa shape index (κ3) is 1.29. The first kappa shape index (κ1) is 6.29. The van der Waals surface area contributed by atoms with E-state index >= 15 is 0 Å². The first-order valence-electron chi connectivity index (χ1n) is 2.88. The molecule has 1 atom stereocenters. The van der Waals surface area contributed by atoms with Crippen LogP contribution in [0.15, 0.2) is 10.7 Å². The molecule has 0 saturated heterocycles. The number of nitrogens with zero attached hydrogens (tertiary/aromatic N) is 1. The standard InChI is InChI=1S/C6H10N2O/c1-4-3-9-6(8-4)5(2)7/h3,5H,7H2,1-2H3/t5-/m1/s1. The van der Waals surface area contributed by atoms with Gasteiger partial charge in [0.2, 0.25) is 5.89 Å². The van der Waals surface area contributed by atoms with Crippen LogP contribution in [0, 0.1) is 6.92 Å². The van der Waals surface area contributed by atoms with Gasteiger partial charge in [-0.25, -0.2) is 4.98 Å². The minimum Gasteiger partial charge on any atom is -0.447 e. The number of oxazole rings is 1. The van der Waals surface area contributed by atoms with Crippen molar-refractivity contribution in [1.29, 1.82) is 0 Å². The Morgan fingerprint density at radius 1 is 1.78 bits per heavy atom. The molecule has 1 aromatic rings. The largest absolute Gasteiger partial charge is 0.447 e. The van der Waals surface area contributed by atoms with Gasteiger partial charge in [-0.2, -0.15) is 0 Å². The maximum absolute atomic E-state index is 5.47. The SMILES string of the molecule is Cc1coc([C@@H](C)N)n1. The van der Waals surface area contributed by atoms with Crippen molar-refractivity contribution in [2.75, 3.05) is 0 Å². The van der Waals surface area contributed by atoms with Crippen molar-refractivity contribution < 1.29 is 4.42 Å². The van der Waals surface area contributed by atoms with Crippen LogP contribution in [0.4, 0.5) is 0 Å². The number of rotatable bonds is 1. The molecule has 0 aromatic carbocycles. The maximum atomic E-state index is 5.47. The molecule has 2 N–H and O–H groups in total. The fourth-order valence-electron chi connectivity index (χ4n) is 0.581. The molecule has 1 rings (SSSR count). The molecule has 0 saturated carbocycles. The molecule has 0 fully saturated rings. The van der Waals surface area contributed by atoms with Crippen molar-refractivity contribution in [3.05, 3.63) is 17.8 Å². The zero-order valence-corrected chi connectivity index (χ0v) is 5.59. The fourth-order valence-corrected chi connectivity index (χ4v) is 0.581. The minimum absolute atomic E-state index is 0.0984. The molecule has 0 aliphatic rings. The predicted octanol–water partition coefficient (Wildman–Crippen LogP) is 1.00. The highest BCUT2D eigenvalue weighted by molar-refractivity contribution is 4.95. The Morgan fingerprint density at radius 2 is 2.44 bits per heavy atom. The van der Waals surface area contributed by atoms with E-state index in [1.54, 1.807) is 6.26 Å². The van der Waals surface area contributed by atoms with Crippen LogP contribution < -0.4 is 5.73 Å². The Kier molecular flexibility index (Phi) is 1.53. The van der Waals surface area contributed by atoms with Gasteiger partial charge in [-0.3, -0.25) is 0 Å². The minimum atomic E-state index is -0.0984. The fraction of sp³-hybridized carbons (Fsp3) is 0.500. The second-order valence-corrected chi connectivity index (χ2v) is 2.12. The summed E-state index contributed by atoms with van der Waals surface area (Å²) in [5, 5.41) is 0. The third-order valence-corrected chi connectivity index (χ3v) is 1.03. The third-order valence-electron chi connectivity index (χ3n) is 1.03. The van der Waals surface area contributed by atoms with Crippen LogP contribution >= 0.6 is 0 Å². The Balaban J connectivity index is 2.85. The number of aromatic nitrogens is 1. The quantitative estimate of drug-likeness (QED) is 0.610. The van der Waals surface area contributed by atoms with Gasteiger partial charge >= 0.3 is 0 Å². The Hall–Kier alpha value is -0.830. The molecule has 0 unspecified atom stereocenters. The molecule has 3 heteroatoms. The van der Waals surface area contributed by atoms with Gasteiger partial charge in [-0.15, -0.1) is 0 Å². The predicted molar refractivity (Wildman–Crippen MR) is 33.8 cm³/mol. The molecule has 3 nitrogen and oxygen atoms in total. The number of aryl methyl sites for hydroxylation is 1. The summed E-state index contributed by atoms with van der Waals surface area (Å²) < 4.78 is 4.99. The summed E-state index contributed by atoms with van der Waals surface area (Å²) in [6.07, 6.45) is 1.60. The highest BCUT2D eigenvalue weighted by Crippen LogP contribution is 2.07. The van der Waals surface area contributed by atoms with Gasteiger partial charge < -0.3 is 10.2 Å². The van der Waals surface area contributed by atoms with E-state index in [1.807, 2.05) is 13.8 Å². The molecular formula is C6H10N2O. The smallest absolute Gasteiger partial charge is 0.210 e. The zero-order chi connectivity index (χ0) is 6.85. The summed E-state index contributed by atoms with van der Waals surface area (Å²) in [6.45, 7) is 3.71. The Morgan fingerprint density at radius 3 is 2.67 bits per heavy atom. The van der Waals surface area contributed by atoms with E-state index in [2.05, 4.69) is 4.98 Å². The van der Waals surface area contributed by atoms with Crippen molar-refractivity contribution in [3.63, 3.8) is 0 Å². The van der Waals surface area contributed by atoms with E-state index in [9.17, 15) is 0 Å². The van der Waals surface area contributed by atoms with Gasteiger partial charge in [0.25, 0.3) is 0 Å². The van der Waals surface area contributed by atoms with Crippen LogP contribution in [0.3, 0.4) is 0 Å². The lowest BCUT2D eigenvalue weighted by Gasteiger charge is -1.94. The van der Waals surface area contributed by atoms with Crippen LogP contribution in [0.1, 0.15) is 24.6 Å². The van der Waals surface area contributed by atoms with Crippen molar-refractivity contribution in [2.24, 2.45) is 5.73 Å². The molecule has 0 bridgehead atoms. The first-order chi connectivity index (χ1) is 4.20. The summed E-state index contributed by atoms with van der Waals surface area (Å²) in [5.41, 5.74) is 6.35.